The molecule has 0 radical (unpaired) electrons. The van der Waals surface area contributed by atoms with Crippen LogP contribution in [0.1, 0.15) is 26.0 Å². The van der Waals surface area contributed by atoms with Crippen molar-refractivity contribution in [1.29, 1.82) is 0 Å². The van der Waals surface area contributed by atoms with Gasteiger partial charge >= 0.3 is 6.03 Å². The van der Waals surface area contributed by atoms with Gasteiger partial charge in [0, 0.05) is 36.4 Å². The summed E-state index contributed by atoms with van der Waals surface area (Å²) < 4.78 is 7.51. The van der Waals surface area contributed by atoms with Crippen LogP contribution < -0.4 is 10.6 Å². The summed E-state index contributed by atoms with van der Waals surface area (Å²) in [6, 6.07) is 1.86. The number of carbonyl (C=O) groups is 1. The van der Waals surface area contributed by atoms with Crippen LogP contribution in [0.15, 0.2) is 12.3 Å². The second kappa shape index (κ2) is 5.17. The molecule has 3 unspecified atom stereocenters. The first-order chi connectivity index (χ1) is 11.4. The van der Waals surface area contributed by atoms with Gasteiger partial charge in [0.25, 0.3) is 0 Å². The van der Waals surface area contributed by atoms with Crippen LogP contribution in [0.4, 0.5) is 10.5 Å². The van der Waals surface area contributed by atoms with E-state index in [0.29, 0.717) is 11.6 Å². The summed E-state index contributed by atoms with van der Waals surface area (Å²) in [6.07, 6.45) is 2.94. The molecule has 2 amide bonds. The van der Waals surface area contributed by atoms with E-state index in [2.05, 4.69) is 34.6 Å². The van der Waals surface area contributed by atoms with Crippen molar-refractivity contribution in [3.05, 3.63) is 18.0 Å². The number of nitrogens with zero attached hydrogens (tertiary/aromatic N) is 3. The van der Waals surface area contributed by atoms with Gasteiger partial charge in [0.05, 0.1) is 23.7 Å². The maximum atomic E-state index is 12.4. The lowest BCUT2D eigenvalue weighted by molar-refractivity contribution is -0.107. The number of fused-ring (bicyclic) bond motifs is 2. The van der Waals surface area contributed by atoms with Gasteiger partial charge in [-0.15, -0.1) is 0 Å². The topological polar surface area (TPSA) is 81.1 Å². The van der Waals surface area contributed by atoms with Gasteiger partial charge in [-0.2, -0.15) is 5.10 Å². The number of nitrogens with one attached hydrogen (secondary N) is 2. The lowest BCUT2D eigenvalue weighted by Crippen LogP contribution is -2.67. The zero-order valence-corrected chi connectivity index (χ0v) is 14.5. The highest BCUT2D eigenvalue weighted by atomic mass is 16.5. The van der Waals surface area contributed by atoms with Crippen LogP contribution in [-0.4, -0.2) is 39.5 Å². The number of aryl methyl sites for hydroxylation is 2. The number of hydrogen-bond acceptors (Lipinski definition) is 4. The number of amides is 2. The summed E-state index contributed by atoms with van der Waals surface area (Å²) in [5.41, 5.74) is 2.35. The molecular weight excluding hydrogens is 306 g/mol. The summed E-state index contributed by atoms with van der Waals surface area (Å²) in [7, 11) is 1.86. The second-order valence-electron chi connectivity index (χ2n) is 7.45. The molecule has 128 valence electrons. The van der Waals surface area contributed by atoms with Crippen molar-refractivity contribution < 1.29 is 9.53 Å². The Hall–Kier alpha value is -2.15. The maximum absolute atomic E-state index is 12.4. The molecule has 4 rings (SSSR count). The van der Waals surface area contributed by atoms with Gasteiger partial charge in [0.15, 0.2) is 5.65 Å². The lowest BCUT2D eigenvalue weighted by Gasteiger charge is -2.54. The highest BCUT2D eigenvalue weighted by Gasteiger charge is 2.59. The van der Waals surface area contributed by atoms with Crippen LogP contribution >= 0.6 is 0 Å². The fourth-order valence-electron chi connectivity index (χ4n) is 4.30. The van der Waals surface area contributed by atoms with E-state index in [1.807, 2.05) is 20.0 Å². The minimum atomic E-state index is -0.193. The normalized spacial score (nSPS) is 27.6. The van der Waals surface area contributed by atoms with Crippen LogP contribution in [0, 0.1) is 18.3 Å². The molecule has 2 fully saturated rings. The van der Waals surface area contributed by atoms with E-state index >= 15 is 0 Å². The molecule has 2 N–H and O–H groups in total. The number of urea groups is 1. The minimum absolute atomic E-state index is 0.0271. The van der Waals surface area contributed by atoms with Crippen molar-refractivity contribution in [1.82, 2.24) is 20.1 Å². The highest BCUT2D eigenvalue weighted by molar-refractivity contribution is 5.92. The lowest BCUT2D eigenvalue weighted by atomic mass is 9.57. The number of aromatic nitrogens is 3. The average molecular weight is 329 g/mol. The van der Waals surface area contributed by atoms with E-state index in [0.717, 1.165) is 29.8 Å². The van der Waals surface area contributed by atoms with Gasteiger partial charge in [-0.3, -0.25) is 4.68 Å². The fourth-order valence-corrected chi connectivity index (χ4v) is 4.30. The average Bonchev–Trinajstić information content (AvgIpc) is 3.09. The molecule has 7 heteroatoms. The Labute approximate surface area is 140 Å². The quantitative estimate of drug-likeness (QED) is 0.885. The van der Waals surface area contributed by atoms with Crippen LogP contribution in [-0.2, 0) is 11.8 Å². The summed E-state index contributed by atoms with van der Waals surface area (Å²) in [5.74, 6) is 0.423. The van der Waals surface area contributed by atoms with Gasteiger partial charge < -0.3 is 15.4 Å². The van der Waals surface area contributed by atoms with Crippen molar-refractivity contribution in [2.75, 3.05) is 11.9 Å². The van der Waals surface area contributed by atoms with Crippen molar-refractivity contribution in [3.63, 3.8) is 0 Å². The van der Waals surface area contributed by atoms with E-state index in [1.165, 1.54) is 0 Å². The van der Waals surface area contributed by atoms with E-state index in [1.54, 1.807) is 10.9 Å². The summed E-state index contributed by atoms with van der Waals surface area (Å²) in [6.45, 7) is 7.03. The second-order valence-corrected chi connectivity index (χ2v) is 7.45. The minimum Gasteiger partial charge on any atom is -0.377 e. The Bertz CT molecular complexity index is 813. The van der Waals surface area contributed by atoms with Gasteiger partial charge in [-0.05, 0) is 19.4 Å². The number of anilines is 1. The smallest absolute Gasteiger partial charge is 0.319 e. The monoisotopic (exact) mass is 329 g/mol. The molecule has 24 heavy (non-hydrogen) atoms. The molecular formula is C17H23N5O2. The Morgan fingerprint density at radius 3 is 3.04 bits per heavy atom. The summed E-state index contributed by atoms with van der Waals surface area (Å²) >= 11 is 0. The first-order valence-electron chi connectivity index (χ1n) is 8.36. The van der Waals surface area contributed by atoms with Gasteiger partial charge in [0.2, 0.25) is 0 Å². The maximum Gasteiger partial charge on any atom is 0.319 e. The fraction of sp³-hybridized carbons (Fsp3) is 0.588. The third-order valence-electron chi connectivity index (χ3n) is 5.51. The molecule has 2 aliphatic rings. The number of carbonyl (C=O) groups excluding carboxylic acids is 1. The van der Waals surface area contributed by atoms with E-state index in [4.69, 9.17) is 4.74 Å². The van der Waals surface area contributed by atoms with Gasteiger partial charge in [-0.25, -0.2) is 9.78 Å². The number of ether oxygens (including phenoxy) is 1. The molecule has 1 saturated carbocycles. The first kappa shape index (κ1) is 15.4. The molecule has 3 heterocycles. The molecule has 1 saturated heterocycles. The summed E-state index contributed by atoms with van der Waals surface area (Å²) in [5, 5.41) is 11.3. The molecule has 3 atom stereocenters. The third-order valence-corrected chi connectivity index (χ3v) is 5.51. The predicted molar refractivity (Wildman–Crippen MR) is 90.8 cm³/mol. The molecule has 7 nitrogen and oxygen atoms in total. The van der Waals surface area contributed by atoms with E-state index < -0.39 is 0 Å². The standard InChI is InChI=1S/C17H23N5O2/c1-9-12-7-10(8-18-15(12)22(4)21-9)19-16(23)20-13-11-5-6-24-14(11)17(13,2)3/h7-8,11,13-14H,5-6H2,1-4H3,(H2,19,20,23). The molecule has 0 aromatic carbocycles. The van der Waals surface area contributed by atoms with Crippen molar-refractivity contribution in [2.45, 2.75) is 39.3 Å². The number of rotatable bonds is 2. The van der Waals surface area contributed by atoms with Crippen LogP contribution in [0.2, 0.25) is 0 Å². The Morgan fingerprint density at radius 2 is 2.25 bits per heavy atom. The first-order valence-corrected chi connectivity index (χ1v) is 8.36. The predicted octanol–water partition coefficient (Wildman–Crippen LogP) is 2.21. The molecule has 1 aliphatic carbocycles. The zero-order valence-electron chi connectivity index (χ0n) is 14.5. The largest absolute Gasteiger partial charge is 0.377 e. The zero-order chi connectivity index (χ0) is 17.1. The number of hydrogen-bond donors (Lipinski definition) is 2. The Balaban J connectivity index is 1.47. The molecule has 0 bridgehead atoms. The van der Waals surface area contributed by atoms with E-state index in [-0.39, 0.29) is 23.6 Å². The summed E-state index contributed by atoms with van der Waals surface area (Å²) in [4.78, 5) is 16.8. The molecule has 2 aromatic heterocycles. The van der Waals surface area contributed by atoms with Gasteiger partial charge in [0.1, 0.15) is 0 Å². The van der Waals surface area contributed by atoms with Crippen LogP contribution in [0.5, 0.6) is 0 Å². The van der Waals surface area contributed by atoms with Crippen LogP contribution in [0.25, 0.3) is 11.0 Å². The molecule has 1 aliphatic heterocycles. The Morgan fingerprint density at radius 1 is 1.46 bits per heavy atom. The van der Waals surface area contributed by atoms with Crippen molar-refractivity contribution in [2.24, 2.45) is 18.4 Å². The Kier molecular flexibility index (Phi) is 3.32. The number of pyridine rings is 1. The highest BCUT2D eigenvalue weighted by Crippen LogP contribution is 2.52. The van der Waals surface area contributed by atoms with Crippen LogP contribution in [0.3, 0.4) is 0 Å². The SMILES string of the molecule is Cc1nn(C)c2ncc(NC(=O)NC3C4CCOC4C3(C)C)cc12. The van der Waals surface area contributed by atoms with E-state index in [9.17, 15) is 4.79 Å². The van der Waals surface area contributed by atoms with Crippen molar-refractivity contribution in [3.8, 4) is 0 Å². The molecule has 0 spiro atoms. The molecule has 2 aromatic rings. The van der Waals surface area contributed by atoms with Gasteiger partial charge in [-0.1, -0.05) is 13.8 Å². The van der Waals surface area contributed by atoms with Crippen molar-refractivity contribution >= 4 is 22.8 Å². The third kappa shape index (κ3) is 2.18.